The number of allylic oxidation sites excluding steroid dienone is 1. The van der Waals surface area contributed by atoms with E-state index >= 15 is 0 Å². The van der Waals surface area contributed by atoms with Gasteiger partial charge in [-0.1, -0.05) is 35.1 Å². The molecule has 0 bridgehead atoms. The molecule has 0 saturated heterocycles. The molecule has 41 heavy (non-hydrogen) atoms. The lowest BCUT2D eigenvalue weighted by molar-refractivity contribution is -0.386. The summed E-state index contributed by atoms with van der Waals surface area (Å²) in [6.45, 7) is 4.62. The Balaban J connectivity index is 2.01. The van der Waals surface area contributed by atoms with Gasteiger partial charge < -0.3 is 9.47 Å². The van der Waals surface area contributed by atoms with E-state index < -0.39 is 39.9 Å². The quantitative estimate of drug-likeness (QED) is 0.187. The molecule has 0 spiro atoms. The van der Waals surface area contributed by atoms with Gasteiger partial charge in [0.2, 0.25) is 5.75 Å². The van der Waals surface area contributed by atoms with Crippen molar-refractivity contribution in [1.29, 1.82) is 0 Å². The third-order valence-electron chi connectivity index (χ3n) is 5.68. The number of aromatic nitrogens is 1. The molecule has 0 radical (unpaired) electrons. The number of fused-ring (bicyclic) bond motifs is 1. The number of nitrogens with zero attached hydrogens (tertiary/aromatic N) is 3. The minimum Gasteiger partial charge on any atom is -0.483 e. The molecule has 15 heteroatoms. The number of hydrogen-bond donors (Lipinski definition) is 0. The first-order valence-corrected chi connectivity index (χ1v) is 13.9. The number of nitro benzene ring substituents is 1. The van der Waals surface area contributed by atoms with Gasteiger partial charge in [0.25, 0.3) is 5.56 Å². The average molecular weight is 675 g/mol. The van der Waals surface area contributed by atoms with E-state index in [4.69, 9.17) is 21.1 Å². The van der Waals surface area contributed by atoms with Crippen LogP contribution < -0.4 is 19.6 Å². The topological polar surface area (TPSA) is 113 Å². The predicted octanol–water partition coefficient (Wildman–Crippen LogP) is 5.45. The lowest BCUT2D eigenvalue weighted by Crippen LogP contribution is -2.41. The van der Waals surface area contributed by atoms with Gasteiger partial charge in [-0.2, -0.15) is 13.2 Å². The van der Waals surface area contributed by atoms with Gasteiger partial charge in [-0.25, -0.2) is 9.79 Å². The first-order chi connectivity index (χ1) is 19.2. The maximum Gasteiger partial charge on any atom is 0.434 e. The molecule has 0 amide bonds. The van der Waals surface area contributed by atoms with Crippen molar-refractivity contribution in [2.45, 2.75) is 39.1 Å². The molecule has 0 aliphatic carbocycles. The fourth-order valence-corrected chi connectivity index (χ4v) is 5.81. The maximum absolute atomic E-state index is 14.2. The monoisotopic (exact) mass is 673 g/mol. The van der Waals surface area contributed by atoms with Crippen LogP contribution in [-0.4, -0.2) is 34.3 Å². The summed E-state index contributed by atoms with van der Waals surface area (Å²) < 4.78 is 54.3. The highest BCUT2D eigenvalue weighted by atomic mass is 79.9. The largest absolute Gasteiger partial charge is 0.483 e. The standard InChI is InChI=1S/C26H20BrClF3N3O6S/c1-4-39-24(36)19-20(14-5-7-15(28)8-6-14)33-23(35)18(41-25(33)32-22(19)26(29,30)31)11-13-9-16(27)21(40-12(2)3)17(10-13)34(37)38/h5-12,20H,4H2,1-3H3/b18-11-/t20-/m0/s1. The fraction of sp³-hybridized carbons (Fsp3) is 0.269. The fourth-order valence-electron chi connectivity index (χ4n) is 4.12. The molecule has 1 aliphatic rings. The molecule has 1 atom stereocenters. The van der Waals surface area contributed by atoms with Gasteiger partial charge in [0.1, 0.15) is 0 Å². The Morgan fingerprint density at radius 2 is 1.95 bits per heavy atom. The van der Waals surface area contributed by atoms with Crippen molar-refractivity contribution in [2.75, 3.05) is 6.61 Å². The Morgan fingerprint density at radius 1 is 1.29 bits per heavy atom. The first kappa shape index (κ1) is 30.5. The van der Waals surface area contributed by atoms with E-state index in [0.717, 1.165) is 4.57 Å². The van der Waals surface area contributed by atoms with E-state index in [1.807, 2.05) is 0 Å². The van der Waals surface area contributed by atoms with Crippen LogP contribution in [0.2, 0.25) is 5.02 Å². The maximum atomic E-state index is 14.2. The molecule has 0 fully saturated rings. The van der Waals surface area contributed by atoms with Gasteiger partial charge in [0, 0.05) is 11.1 Å². The molecule has 0 saturated carbocycles. The van der Waals surface area contributed by atoms with Crippen LogP contribution in [0.25, 0.3) is 6.08 Å². The van der Waals surface area contributed by atoms with Crippen molar-refractivity contribution in [3.8, 4) is 5.75 Å². The molecule has 2 heterocycles. The number of hydrogen-bond acceptors (Lipinski definition) is 8. The van der Waals surface area contributed by atoms with E-state index in [0.29, 0.717) is 11.3 Å². The zero-order valence-corrected chi connectivity index (χ0v) is 24.7. The summed E-state index contributed by atoms with van der Waals surface area (Å²) in [6, 6.07) is 6.76. The van der Waals surface area contributed by atoms with Gasteiger partial charge in [-0.3, -0.25) is 19.5 Å². The molecular weight excluding hydrogens is 655 g/mol. The second-order valence-corrected chi connectivity index (χ2v) is 11.2. The number of carbonyl (C=O) groups is 1. The van der Waals surface area contributed by atoms with Crippen LogP contribution in [0.15, 0.2) is 61.9 Å². The number of nitro groups is 1. The van der Waals surface area contributed by atoms with Crippen LogP contribution in [0.3, 0.4) is 0 Å². The predicted molar refractivity (Wildman–Crippen MR) is 149 cm³/mol. The summed E-state index contributed by atoms with van der Waals surface area (Å²) in [5.41, 5.74) is -3.12. The zero-order valence-electron chi connectivity index (χ0n) is 21.5. The molecular formula is C26H20BrClF3N3O6S. The number of carbonyl (C=O) groups excluding carboxylic acids is 1. The number of rotatable bonds is 7. The van der Waals surface area contributed by atoms with Crippen LogP contribution in [0.4, 0.5) is 18.9 Å². The van der Waals surface area contributed by atoms with Crippen molar-refractivity contribution in [3.63, 3.8) is 0 Å². The lowest BCUT2D eigenvalue weighted by atomic mass is 9.95. The molecule has 1 aliphatic heterocycles. The van der Waals surface area contributed by atoms with Crippen LogP contribution in [0.1, 0.15) is 37.9 Å². The molecule has 1 aromatic heterocycles. The Morgan fingerprint density at radius 3 is 2.51 bits per heavy atom. The minimum atomic E-state index is -5.06. The van der Waals surface area contributed by atoms with Gasteiger partial charge in [-0.05, 0) is 72.1 Å². The summed E-state index contributed by atoms with van der Waals surface area (Å²) in [6.07, 6.45) is -4.13. The van der Waals surface area contributed by atoms with E-state index in [9.17, 15) is 32.9 Å². The number of halogens is 5. The number of thiazole rings is 1. The minimum absolute atomic E-state index is 0.0137. The Hall–Kier alpha value is -3.49. The Kier molecular flexibility index (Phi) is 8.76. The number of esters is 1. The summed E-state index contributed by atoms with van der Waals surface area (Å²) in [5, 5.41) is 12.0. The summed E-state index contributed by atoms with van der Waals surface area (Å²) in [7, 11) is 0. The highest BCUT2D eigenvalue weighted by molar-refractivity contribution is 9.10. The van der Waals surface area contributed by atoms with Crippen molar-refractivity contribution in [3.05, 3.63) is 98.1 Å². The summed E-state index contributed by atoms with van der Waals surface area (Å²) in [5.74, 6) is -1.29. The zero-order chi connectivity index (χ0) is 30.2. The molecule has 9 nitrogen and oxygen atoms in total. The Labute approximate surface area is 247 Å². The smallest absolute Gasteiger partial charge is 0.434 e. The molecule has 4 rings (SSSR count). The second-order valence-electron chi connectivity index (χ2n) is 8.89. The number of alkyl halides is 3. The summed E-state index contributed by atoms with van der Waals surface area (Å²) in [4.78, 5) is 41.0. The highest BCUT2D eigenvalue weighted by Crippen LogP contribution is 2.39. The molecule has 2 aromatic carbocycles. The van der Waals surface area contributed by atoms with E-state index in [2.05, 4.69) is 20.9 Å². The van der Waals surface area contributed by atoms with Gasteiger partial charge in [-0.15, -0.1) is 0 Å². The molecule has 0 N–H and O–H groups in total. The van der Waals surface area contributed by atoms with Crippen LogP contribution in [0.5, 0.6) is 5.75 Å². The SMILES string of the molecule is CCOC(=O)C1=C(C(F)(F)F)N=c2s/c(=C\c3cc(Br)c(OC(C)C)c([N+](=O)[O-])c3)c(=O)n2[C@H]1c1ccc(Cl)cc1. The van der Waals surface area contributed by atoms with Crippen molar-refractivity contribution >= 4 is 56.6 Å². The molecule has 0 unspecified atom stereocenters. The third kappa shape index (κ3) is 6.23. The number of ether oxygens (including phenoxy) is 2. The van der Waals surface area contributed by atoms with Crippen molar-refractivity contribution in [2.24, 2.45) is 4.99 Å². The van der Waals surface area contributed by atoms with E-state index in [-0.39, 0.29) is 54.1 Å². The first-order valence-electron chi connectivity index (χ1n) is 11.9. The molecule has 216 valence electrons. The van der Waals surface area contributed by atoms with E-state index in [1.165, 1.54) is 49.4 Å². The highest BCUT2D eigenvalue weighted by Gasteiger charge is 2.45. The molecule has 3 aromatic rings. The van der Waals surface area contributed by atoms with Gasteiger partial charge in [0.15, 0.2) is 10.5 Å². The number of benzene rings is 2. The Bertz CT molecular complexity index is 1750. The lowest BCUT2D eigenvalue weighted by Gasteiger charge is -2.26. The van der Waals surface area contributed by atoms with Gasteiger partial charge >= 0.3 is 17.8 Å². The second kappa shape index (κ2) is 11.8. The van der Waals surface area contributed by atoms with Crippen molar-refractivity contribution in [1.82, 2.24) is 4.57 Å². The van der Waals surface area contributed by atoms with E-state index in [1.54, 1.807) is 13.8 Å². The third-order valence-corrected chi connectivity index (χ3v) is 7.50. The summed E-state index contributed by atoms with van der Waals surface area (Å²) >= 11 is 9.87. The van der Waals surface area contributed by atoms with Crippen molar-refractivity contribution < 1.29 is 32.4 Å². The van der Waals surface area contributed by atoms with Gasteiger partial charge in [0.05, 0.1) is 38.3 Å². The average Bonchev–Trinajstić information content (AvgIpc) is 3.19. The van der Waals surface area contributed by atoms with Crippen LogP contribution in [-0.2, 0) is 9.53 Å². The van der Waals surface area contributed by atoms with Crippen LogP contribution >= 0.6 is 38.9 Å². The van der Waals surface area contributed by atoms with Crippen LogP contribution in [0, 0.1) is 10.1 Å². The normalized spacial score (nSPS) is 15.5.